The lowest BCUT2D eigenvalue weighted by Gasteiger charge is -2.30. The largest absolute Gasteiger partial charge is 0.332 e. The van der Waals surface area contributed by atoms with E-state index in [4.69, 9.17) is 0 Å². The van der Waals surface area contributed by atoms with E-state index in [0.717, 1.165) is 6.42 Å². The zero-order valence-electron chi connectivity index (χ0n) is 12.1. The van der Waals surface area contributed by atoms with E-state index in [1.54, 1.807) is 4.90 Å². The van der Waals surface area contributed by atoms with Gasteiger partial charge in [-0.2, -0.15) is 0 Å². The number of carbonyl (C=O) groups excluding carboxylic acids is 2. The summed E-state index contributed by atoms with van der Waals surface area (Å²) < 4.78 is 12.9. The quantitative estimate of drug-likeness (QED) is 0.779. The molecule has 2 rings (SSSR count). The fourth-order valence-corrected chi connectivity index (χ4v) is 2.52. The Labute approximate surface area is 118 Å². The lowest BCUT2D eigenvalue weighted by Crippen LogP contribution is -2.45. The number of hydrogen-bond acceptors (Lipinski definition) is 2. The van der Waals surface area contributed by atoms with E-state index in [9.17, 15) is 14.0 Å². The van der Waals surface area contributed by atoms with Crippen LogP contribution in [0.2, 0.25) is 0 Å². The van der Waals surface area contributed by atoms with Crippen LogP contribution in [0.5, 0.6) is 0 Å². The molecule has 0 spiro atoms. The van der Waals surface area contributed by atoms with Gasteiger partial charge < -0.3 is 4.90 Å². The lowest BCUT2D eigenvalue weighted by molar-refractivity contribution is -0.139. The zero-order valence-corrected chi connectivity index (χ0v) is 12.1. The van der Waals surface area contributed by atoms with Gasteiger partial charge in [-0.1, -0.05) is 20.8 Å². The molecule has 0 aliphatic carbocycles. The summed E-state index contributed by atoms with van der Waals surface area (Å²) in [4.78, 5) is 26.5. The van der Waals surface area contributed by atoms with Gasteiger partial charge in [0.2, 0.25) is 5.91 Å². The van der Waals surface area contributed by atoms with Gasteiger partial charge in [-0.05, 0) is 37.1 Å². The van der Waals surface area contributed by atoms with Gasteiger partial charge in [-0.3, -0.25) is 9.59 Å². The van der Waals surface area contributed by atoms with E-state index >= 15 is 0 Å². The average molecular weight is 277 g/mol. The van der Waals surface area contributed by atoms with Crippen molar-refractivity contribution in [1.29, 1.82) is 0 Å². The normalized spacial score (nSPS) is 19.2. The highest BCUT2D eigenvalue weighted by molar-refractivity contribution is 6.02. The van der Waals surface area contributed by atoms with Crippen molar-refractivity contribution in [2.24, 2.45) is 5.41 Å². The Morgan fingerprint density at radius 2 is 1.80 bits per heavy atom. The van der Waals surface area contributed by atoms with Gasteiger partial charge in [0.05, 0.1) is 6.04 Å². The van der Waals surface area contributed by atoms with E-state index in [0.29, 0.717) is 18.5 Å². The minimum absolute atomic E-state index is 0.00420. The molecule has 1 saturated heterocycles. The third-order valence-electron chi connectivity index (χ3n) is 3.59. The molecular weight excluding hydrogens is 257 g/mol. The third kappa shape index (κ3) is 2.89. The molecule has 1 amide bonds. The van der Waals surface area contributed by atoms with Crippen LogP contribution in [-0.4, -0.2) is 29.2 Å². The Bertz CT molecular complexity index is 516. The summed E-state index contributed by atoms with van der Waals surface area (Å²) in [6.45, 7) is 6.18. The molecule has 0 N–H and O–H groups in total. The minimum Gasteiger partial charge on any atom is -0.332 e. The first kappa shape index (κ1) is 14.7. The van der Waals surface area contributed by atoms with Gasteiger partial charge >= 0.3 is 0 Å². The van der Waals surface area contributed by atoms with Crippen LogP contribution in [0.4, 0.5) is 4.39 Å². The molecule has 20 heavy (non-hydrogen) atoms. The van der Waals surface area contributed by atoms with Crippen molar-refractivity contribution < 1.29 is 14.0 Å². The number of likely N-dealkylation sites (tertiary alicyclic amines) is 1. The van der Waals surface area contributed by atoms with Crippen molar-refractivity contribution in [3.05, 3.63) is 35.6 Å². The Kier molecular flexibility index (Phi) is 3.93. The Morgan fingerprint density at radius 1 is 1.20 bits per heavy atom. The lowest BCUT2D eigenvalue weighted by atomic mass is 9.93. The molecule has 1 aliphatic heterocycles. The summed E-state index contributed by atoms with van der Waals surface area (Å²) in [7, 11) is 0. The van der Waals surface area contributed by atoms with Crippen LogP contribution in [0.1, 0.15) is 44.0 Å². The number of carbonyl (C=O) groups is 2. The standard InChI is InChI=1S/C16H20FNO2/c1-16(2,3)15(20)18-10-4-5-13(18)14(19)11-6-8-12(17)9-7-11/h6-9,13H,4-5,10H2,1-3H3. The van der Waals surface area contributed by atoms with Crippen LogP contribution in [0.25, 0.3) is 0 Å². The molecule has 4 heteroatoms. The molecule has 1 fully saturated rings. The van der Waals surface area contributed by atoms with Gasteiger partial charge in [0, 0.05) is 17.5 Å². The van der Waals surface area contributed by atoms with Gasteiger partial charge in [-0.25, -0.2) is 4.39 Å². The summed E-state index contributed by atoms with van der Waals surface area (Å²) in [6, 6.07) is 5.11. The fraction of sp³-hybridized carbons (Fsp3) is 0.500. The SMILES string of the molecule is CC(C)(C)C(=O)N1CCCC1C(=O)c1ccc(F)cc1. The molecule has 1 aromatic rings. The van der Waals surface area contributed by atoms with Crippen molar-refractivity contribution in [2.75, 3.05) is 6.54 Å². The number of ketones is 1. The van der Waals surface area contributed by atoms with E-state index < -0.39 is 11.5 Å². The maximum Gasteiger partial charge on any atom is 0.228 e. The molecule has 0 radical (unpaired) electrons. The molecule has 0 aromatic heterocycles. The first-order valence-electron chi connectivity index (χ1n) is 6.91. The third-order valence-corrected chi connectivity index (χ3v) is 3.59. The highest BCUT2D eigenvalue weighted by Crippen LogP contribution is 2.27. The van der Waals surface area contributed by atoms with Crippen molar-refractivity contribution in [3.63, 3.8) is 0 Å². The monoisotopic (exact) mass is 277 g/mol. The molecular formula is C16H20FNO2. The highest BCUT2D eigenvalue weighted by atomic mass is 19.1. The zero-order chi connectivity index (χ0) is 14.9. The highest BCUT2D eigenvalue weighted by Gasteiger charge is 2.38. The second-order valence-electron chi connectivity index (χ2n) is 6.28. The number of hydrogen-bond donors (Lipinski definition) is 0. The number of Topliss-reactive ketones (excluding diaryl/α,β-unsaturated/α-hetero) is 1. The van der Waals surface area contributed by atoms with Crippen LogP contribution in [0, 0.1) is 11.2 Å². The fourth-order valence-electron chi connectivity index (χ4n) is 2.52. The topological polar surface area (TPSA) is 37.4 Å². The number of rotatable bonds is 2. The molecule has 108 valence electrons. The molecule has 1 unspecified atom stereocenters. The van der Waals surface area contributed by atoms with Crippen molar-refractivity contribution in [3.8, 4) is 0 Å². The molecule has 3 nitrogen and oxygen atoms in total. The first-order chi connectivity index (χ1) is 9.30. The van der Waals surface area contributed by atoms with E-state index in [-0.39, 0.29) is 17.5 Å². The van der Waals surface area contributed by atoms with Gasteiger partial charge in [0.15, 0.2) is 5.78 Å². The summed E-state index contributed by atoms with van der Waals surface area (Å²) in [5.41, 5.74) is -0.0314. The van der Waals surface area contributed by atoms with E-state index in [1.165, 1.54) is 24.3 Å². The van der Waals surface area contributed by atoms with Gasteiger partial charge in [0.1, 0.15) is 5.82 Å². The van der Waals surface area contributed by atoms with Gasteiger partial charge in [-0.15, -0.1) is 0 Å². The van der Waals surface area contributed by atoms with Crippen LogP contribution in [-0.2, 0) is 4.79 Å². The molecule has 0 saturated carbocycles. The van der Waals surface area contributed by atoms with Crippen molar-refractivity contribution in [2.45, 2.75) is 39.7 Å². The van der Waals surface area contributed by atoms with Gasteiger partial charge in [0.25, 0.3) is 0 Å². The molecule has 0 bridgehead atoms. The van der Waals surface area contributed by atoms with E-state index in [2.05, 4.69) is 0 Å². The summed E-state index contributed by atoms with van der Waals surface area (Å²) in [6.07, 6.45) is 1.51. The number of nitrogens with zero attached hydrogens (tertiary/aromatic N) is 1. The van der Waals surface area contributed by atoms with Crippen molar-refractivity contribution >= 4 is 11.7 Å². The average Bonchev–Trinajstić information content (AvgIpc) is 2.85. The Morgan fingerprint density at radius 3 is 2.35 bits per heavy atom. The maximum atomic E-state index is 12.9. The second-order valence-corrected chi connectivity index (χ2v) is 6.28. The van der Waals surface area contributed by atoms with Crippen LogP contribution >= 0.6 is 0 Å². The Hall–Kier alpha value is -1.71. The number of benzene rings is 1. The molecule has 1 atom stereocenters. The molecule has 1 aromatic carbocycles. The molecule has 1 aliphatic rings. The predicted molar refractivity (Wildman–Crippen MR) is 74.9 cm³/mol. The predicted octanol–water partition coefficient (Wildman–Crippen LogP) is 3.05. The van der Waals surface area contributed by atoms with Crippen molar-refractivity contribution in [1.82, 2.24) is 4.90 Å². The summed E-state index contributed by atoms with van der Waals surface area (Å²) >= 11 is 0. The minimum atomic E-state index is -0.494. The Balaban J connectivity index is 2.21. The number of halogens is 1. The summed E-state index contributed by atoms with van der Waals surface area (Å²) in [5, 5.41) is 0. The van der Waals surface area contributed by atoms with Crippen LogP contribution < -0.4 is 0 Å². The molecule has 1 heterocycles. The van der Waals surface area contributed by atoms with Crippen LogP contribution in [0.3, 0.4) is 0 Å². The summed E-state index contributed by atoms with van der Waals surface area (Å²) in [5.74, 6) is -0.467. The first-order valence-corrected chi connectivity index (χ1v) is 6.91. The smallest absolute Gasteiger partial charge is 0.228 e. The second kappa shape index (κ2) is 5.35. The number of amides is 1. The van der Waals surface area contributed by atoms with E-state index in [1.807, 2.05) is 20.8 Å². The van der Waals surface area contributed by atoms with Crippen LogP contribution in [0.15, 0.2) is 24.3 Å². The maximum absolute atomic E-state index is 12.9.